The zero-order valence-corrected chi connectivity index (χ0v) is 20.1. The molecule has 170 valence electrons. The summed E-state index contributed by atoms with van der Waals surface area (Å²) >= 11 is 13.0. The average molecular weight is 475 g/mol. The fourth-order valence-electron chi connectivity index (χ4n) is 4.05. The summed E-state index contributed by atoms with van der Waals surface area (Å²) in [6.45, 7) is 7.60. The number of para-hydroxylation sites is 2. The normalized spacial score (nSPS) is 16.9. The van der Waals surface area contributed by atoms with Gasteiger partial charge in [0, 0.05) is 34.7 Å². The van der Waals surface area contributed by atoms with Crippen molar-refractivity contribution in [3.8, 4) is 0 Å². The maximum Gasteiger partial charge on any atom is 0.407 e. The first-order valence-electron chi connectivity index (χ1n) is 10.8. The maximum atomic E-state index is 12.3. The number of imidazole rings is 1. The molecular weight excluding hydrogens is 447 g/mol. The van der Waals surface area contributed by atoms with Crippen LogP contribution in [0.3, 0.4) is 0 Å². The molecule has 0 spiro atoms. The SMILES string of the molecule is CC(C)(C)OC(=O)N[C@H]1CCCN(c2nc3ccccc3n2Cc2c(Cl)cccc2Cl)C1. The number of ether oxygens (including phenoxy) is 1. The molecule has 1 aliphatic heterocycles. The third-order valence-corrected chi connectivity index (χ3v) is 6.15. The molecule has 32 heavy (non-hydrogen) atoms. The van der Waals surface area contributed by atoms with Crippen LogP contribution in [0.25, 0.3) is 11.0 Å². The number of rotatable bonds is 4. The number of carbonyl (C=O) groups is 1. The Balaban J connectivity index is 1.62. The second kappa shape index (κ2) is 9.20. The second-order valence-corrected chi connectivity index (χ2v) is 9.93. The number of carbonyl (C=O) groups excluding carboxylic acids is 1. The summed E-state index contributed by atoms with van der Waals surface area (Å²) in [6, 6.07) is 13.6. The van der Waals surface area contributed by atoms with E-state index >= 15 is 0 Å². The Labute approximate surface area is 198 Å². The van der Waals surface area contributed by atoms with Crippen molar-refractivity contribution >= 4 is 46.3 Å². The number of fused-ring (bicyclic) bond motifs is 1. The third kappa shape index (κ3) is 5.13. The van der Waals surface area contributed by atoms with Gasteiger partial charge in [-0.05, 0) is 57.9 Å². The minimum atomic E-state index is -0.527. The van der Waals surface area contributed by atoms with Gasteiger partial charge in [-0.1, -0.05) is 41.4 Å². The van der Waals surface area contributed by atoms with E-state index in [0.717, 1.165) is 41.9 Å². The van der Waals surface area contributed by atoms with Crippen LogP contribution in [0.1, 0.15) is 39.2 Å². The van der Waals surface area contributed by atoms with Crippen molar-refractivity contribution in [3.05, 3.63) is 58.1 Å². The van der Waals surface area contributed by atoms with Crippen molar-refractivity contribution in [3.63, 3.8) is 0 Å². The summed E-state index contributed by atoms with van der Waals surface area (Å²) in [5.41, 5.74) is 2.26. The molecule has 1 fully saturated rings. The molecule has 2 heterocycles. The first kappa shape index (κ1) is 22.7. The van der Waals surface area contributed by atoms with Crippen LogP contribution in [0, 0.1) is 0 Å². The Morgan fingerprint density at radius 2 is 1.88 bits per heavy atom. The van der Waals surface area contributed by atoms with Crippen LogP contribution < -0.4 is 10.2 Å². The highest BCUT2D eigenvalue weighted by molar-refractivity contribution is 6.36. The molecule has 0 unspecified atom stereocenters. The van der Waals surface area contributed by atoms with Crippen LogP contribution in [0.15, 0.2) is 42.5 Å². The Bertz CT molecular complexity index is 1100. The van der Waals surface area contributed by atoms with E-state index in [1.165, 1.54) is 0 Å². The van der Waals surface area contributed by atoms with Crippen LogP contribution in [0.5, 0.6) is 0 Å². The highest BCUT2D eigenvalue weighted by atomic mass is 35.5. The van der Waals surface area contributed by atoms with Crippen LogP contribution in [-0.4, -0.2) is 40.4 Å². The number of alkyl carbamates (subject to hydrolysis) is 1. The van der Waals surface area contributed by atoms with Crippen LogP contribution in [0.4, 0.5) is 10.7 Å². The highest BCUT2D eigenvalue weighted by Crippen LogP contribution is 2.31. The third-order valence-electron chi connectivity index (χ3n) is 5.44. The van der Waals surface area contributed by atoms with E-state index in [2.05, 4.69) is 20.9 Å². The number of nitrogens with one attached hydrogen (secondary N) is 1. The lowest BCUT2D eigenvalue weighted by molar-refractivity contribution is 0.0500. The number of nitrogens with zero attached hydrogens (tertiary/aromatic N) is 3. The molecular formula is C24H28Cl2N4O2. The summed E-state index contributed by atoms with van der Waals surface area (Å²) in [7, 11) is 0. The molecule has 1 aromatic heterocycles. The lowest BCUT2D eigenvalue weighted by atomic mass is 10.1. The van der Waals surface area contributed by atoms with Gasteiger partial charge in [0.15, 0.2) is 0 Å². The predicted molar refractivity (Wildman–Crippen MR) is 130 cm³/mol. The van der Waals surface area contributed by atoms with E-state index in [9.17, 15) is 4.79 Å². The molecule has 4 rings (SSSR count). The van der Waals surface area contributed by atoms with Crippen molar-refractivity contribution in [2.24, 2.45) is 0 Å². The van der Waals surface area contributed by atoms with Gasteiger partial charge in [0.1, 0.15) is 5.60 Å². The largest absolute Gasteiger partial charge is 0.444 e. The zero-order valence-electron chi connectivity index (χ0n) is 18.6. The van der Waals surface area contributed by atoms with Crippen molar-refractivity contribution in [2.45, 2.75) is 51.8 Å². The molecule has 1 N–H and O–H groups in total. The summed E-state index contributed by atoms with van der Waals surface area (Å²) in [6.07, 6.45) is 1.45. The van der Waals surface area contributed by atoms with E-state index in [1.807, 2.05) is 57.2 Å². The lowest BCUT2D eigenvalue weighted by Crippen LogP contribution is -2.49. The number of hydrogen-bond donors (Lipinski definition) is 1. The average Bonchev–Trinajstić information content (AvgIpc) is 3.08. The van der Waals surface area contributed by atoms with Crippen molar-refractivity contribution in [2.75, 3.05) is 18.0 Å². The smallest absolute Gasteiger partial charge is 0.407 e. The lowest BCUT2D eigenvalue weighted by Gasteiger charge is -2.34. The molecule has 2 aromatic carbocycles. The molecule has 0 aliphatic carbocycles. The number of hydrogen-bond acceptors (Lipinski definition) is 4. The summed E-state index contributed by atoms with van der Waals surface area (Å²) < 4.78 is 7.59. The van der Waals surface area contributed by atoms with Gasteiger partial charge in [-0.2, -0.15) is 0 Å². The number of anilines is 1. The fourth-order valence-corrected chi connectivity index (χ4v) is 4.57. The highest BCUT2D eigenvalue weighted by Gasteiger charge is 2.27. The van der Waals surface area contributed by atoms with E-state index < -0.39 is 5.60 Å². The number of piperidine rings is 1. The topological polar surface area (TPSA) is 59.4 Å². The Hall–Kier alpha value is -2.44. The molecule has 3 aromatic rings. The van der Waals surface area contributed by atoms with Crippen molar-refractivity contribution in [1.29, 1.82) is 0 Å². The standard InChI is InChI=1S/C24H28Cl2N4O2/c1-24(2,3)32-23(31)27-16-8-7-13-29(14-16)22-28-20-11-4-5-12-21(20)30(22)15-17-18(25)9-6-10-19(17)26/h4-6,9-12,16H,7-8,13-15H2,1-3H3,(H,27,31)/t16-/m0/s1. The summed E-state index contributed by atoms with van der Waals surface area (Å²) in [4.78, 5) is 19.4. The maximum absolute atomic E-state index is 12.3. The molecule has 1 amide bonds. The van der Waals surface area contributed by atoms with Crippen LogP contribution in [0.2, 0.25) is 10.0 Å². The number of amides is 1. The molecule has 8 heteroatoms. The minimum absolute atomic E-state index is 0.0178. The molecule has 1 aliphatic rings. The monoisotopic (exact) mass is 474 g/mol. The zero-order chi connectivity index (χ0) is 22.9. The Kier molecular flexibility index (Phi) is 6.54. The summed E-state index contributed by atoms with van der Waals surface area (Å²) in [5, 5.41) is 4.27. The molecule has 6 nitrogen and oxygen atoms in total. The van der Waals surface area contributed by atoms with Gasteiger partial charge in [-0.3, -0.25) is 0 Å². The number of halogens is 2. The van der Waals surface area contributed by atoms with E-state index in [0.29, 0.717) is 23.1 Å². The second-order valence-electron chi connectivity index (χ2n) is 9.12. The molecule has 1 atom stereocenters. The van der Waals surface area contributed by atoms with Gasteiger partial charge < -0.3 is 19.5 Å². The van der Waals surface area contributed by atoms with Crippen molar-refractivity contribution < 1.29 is 9.53 Å². The van der Waals surface area contributed by atoms with Gasteiger partial charge in [0.25, 0.3) is 0 Å². The Morgan fingerprint density at radius 1 is 1.16 bits per heavy atom. The van der Waals surface area contributed by atoms with Crippen LogP contribution >= 0.6 is 23.2 Å². The minimum Gasteiger partial charge on any atom is -0.444 e. The molecule has 1 saturated heterocycles. The molecule has 0 bridgehead atoms. The number of benzene rings is 2. The van der Waals surface area contributed by atoms with Gasteiger partial charge >= 0.3 is 6.09 Å². The van der Waals surface area contributed by atoms with E-state index in [4.69, 9.17) is 32.9 Å². The fraction of sp³-hybridized carbons (Fsp3) is 0.417. The number of aromatic nitrogens is 2. The summed E-state index contributed by atoms with van der Waals surface area (Å²) in [5.74, 6) is 0.845. The first-order valence-corrected chi connectivity index (χ1v) is 11.6. The predicted octanol–water partition coefficient (Wildman–Crippen LogP) is 5.88. The van der Waals surface area contributed by atoms with E-state index in [-0.39, 0.29) is 12.1 Å². The van der Waals surface area contributed by atoms with Crippen LogP contribution in [-0.2, 0) is 11.3 Å². The molecule has 0 radical (unpaired) electrons. The first-order chi connectivity index (χ1) is 15.2. The van der Waals surface area contributed by atoms with Crippen molar-refractivity contribution in [1.82, 2.24) is 14.9 Å². The van der Waals surface area contributed by atoms with Gasteiger partial charge in [0.05, 0.1) is 17.6 Å². The van der Waals surface area contributed by atoms with Gasteiger partial charge in [0.2, 0.25) is 5.95 Å². The molecule has 0 saturated carbocycles. The van der Waals surface area contributed by atoms with E-state index in [1.54, 1.807) is 0 Å². The van der Waals surface area contributed by atoms with Gasteiger partial charge in [-0.15, -0.1) is 0 Å². The quantitative estimate of drug-likeness (QED) is 0.512. The van der Waals surface area contributed by atoms with Gasteiger partial charge in [-0.25, -0.2) is 9.78 Å². The Morgan fingerprint density at radius 3 is 2.59 bits per heavy atom.